The summed E-state index contributed by atoms with van der Waals surface area (Å²) in [6, 6.07) is 4.97. The van der Waals surface area contributed by atoms with Crippen molar-refractivity contribution in [2.75, 3.05) is 26.7 Å². The van der Waals surface area contributed by atoms with Gasteiger partial charge in [-0.15, -0.1) is 0 Å². The van der Waals surface area contributed by atoms with Crippen molar-refractivity contribution in [1.82, 2.24) is 30.1 Å². The molecule has 2 aromatic rings. The van der Waals surface area contributed by atoms with Crippen LogP contribution >= 0.6 is 0 Å². The second-order valence-corrected chi connectivity index (χ2v) is 8.00. The van der Waals surface area contributed by atoms with E-state index in [0.29, 0.717) is 49.1 Å². The van der Waals surface area contributed by atoms with Gasteiger partial charge in [0.25, 0.3) is 11.8 Å². The summed E-state index contributed by atoms with van der Waals surface area (Å²) in [6.07, 6.45) is 0.902. The fourth-order valence-electron chi connectivity index (χ4n) is 4.22. The SMILES string of the molecule is CC(C)CN1C(=O)N(C)C(=O)C12CCN(C(=O)c1ccc3n[nH]nc3c1)CC2. The number of urea groups is 1. The van der Waals surface area contributed by atoms with Gasteiger partial charge in [-0.2, -0.15) is 15.4 Å². The first-order valence-corrected chi connectivity index (χ1v) is 9.53. The van der Waals surface area contributed by atoms with Crippen molar-refractivity contribution in [3.63, 3.8) is 0 Å². The van der Waals surface area contributed by atoms with Crippen molar-refractivity contribution in [2.45, 2.75) is 32.2 Å². The number of aromatic amines is 1. The first-order chi connectivity index (χ1) is 13.3. The van der Waals surface area contributed by atoms with Gasteiger partial charge in [-0.25, -0.2) is 4.79 Å². The Hall–Kier alpha value is -2.97. The van der Waals surface area contributed by atoms with Crippen LogP contribution in [-0.4, -0.2) is 80.2 Å². The summed E-state index contributed by atoms with van der Waals surface area (Å²) >= 11 is 0. The summed E-state index contributed by atoms with van der Waals surface area (Å²) in [6.45, 7) is 5.45. The molecular formula is C19H24N6O3. The summed E-state index contributed by atoms with van der Waals surface area (Å²) in [5.41, 5.74) is 1.06. The van der Waals surface area contributed by atoms with Crippen LogP contribution in [0.1, 0.15) is 37.0 Å². The highest BCUT2D eigenvalue weighted by molar-refractivity contribution is 6.07. The van der Waals surface area contributed by atoms with Crippen LogP contribution in [0.15, 0.2) is 18.2 Å². The average molecular weight is 384 g/mol. The highest BCUT2D eigenvalue weighted by Crippen LogP contribution is 2.37. The van der Waals surface area contributed by atoms with Crippen molar-refractivity contribution in [1.29, 1.82) is 0 Å². The highest BCUT2D eigenvalue weighted by Gasteiger charge is 2.57. The molecule has 2 saturated heterocycles. The molecule has 4 amide bonds. The smallest absolute Gasteiger partial charge is 0.327 e. The molecule has 2 fully saturated rings. The minimum atomic E-state index is -0.830. The number of carbonyl (C=O) groups excluding carboxylic acids is 3. The van der Waals surface area contributed by atoms with Crippen molar-refractivity contribution in [2.24, 2.45) is 5.92 Å². The highest BCUT2D eigenvalue weighted by atomic mass is 16.2. The van der Waals surface area contributed by atoms with Crippen LogP contribution in [-0.2, 0) is 4.79 Å². The second kappa shape index (κ2) is 6.57. The van der Waals surface area contributed by atoms with Crippen LogP contribution < -0.4 is 0 Å². The predicted octanol–water partition coefficient (Wildman–Crippen LogP) is 1.48. The van der Waals surface area contributed by atoms with Crippen LogP contribution in [0.3, 0.4) is 0 Å². The van der Waals surface area contributed by atoms with Gasteiger partial charge in [0, 0.05) is 32.2 Å². The van der Waals surface area contributed by atoms with Crippen LogP contribution in [0.25, 0.3) is 11.0 Å². The predicted molar refractivity (Wildman–Crippen MR) is 101 cm³/mol. The lowest BCUT2D eigenvalue weighted by molar-refractivity contribution is -0.134. The van der Waals surface area contributed by atoms with Gasteiger partial charge < -0.3 is 9.80 Å². The summed E-state index contributed by atoms with van der Waals surface area (Å²) in [5.74, 6) is 0.00327. The number of benzene rings is 1. The maximum Gasteiger partial charge on any atom is 0.327 e. The zero-order valence-corrected chi connectivity index (χ0v) is 16.3. The molecule has 148 valence electrons. The number of nitrogens with one attached hydrogen (secondary N) is 1. The second-order valence-electron chi connectivity index (χ2n) is 8.00. The monoisotopic (exact) mass is 384 g/mol. The van der Waals surface area contributed by atoms with Crippen molar-refractivity contribution < 1.29 is 14.4 Å². The molecule has 1 aromatic carbocycles. The van der Waals surface area contributed by atoms with E-state index in [-0.39, 0.29) is 23.8 Å². The molecule has 0 unspecified atom stereocenters. The zero-order chi connectivity index (χ0) is 20.1. The summed E-state index contributed by atoms with van der Waals surface area (Å²) < 4.78 is 0. The molecule has 1 spiro atoms. The number of imide groups is 1. The summed E-state index contributed by atoms with van der Waals surface area (Å²) in [5, 5.41) is 10.6. The normalized spacial score (nSPS) is 19.5. The molecule has 9 heteroatoms. The molecule has 0 aliphatic carbocycles. The lowest BCUT2D eigenvalue weighted by Gasteiger charge is -2.42. The van der Waals surface area contributed by atoms with Crippen LogP contribution in [0.4, 0.5) is 4.79 Å². The third-order valence-corrected chi connectivity index (χ3v) is 5.73. The topological polar surface area (TPSA) is 103 Å². The van der Waals surface area contributed by atoms with E-state index in [2.05, 4.69) is 15.4 Å². The van der Waals surface area contributed by atoms with E-state index >= 15 is 0 Å². The van der Waals surface area contributed by atoms with Gasteiger partial charge in [0.2, 0.25) is 0 Å². The van der Waals surface area contributed by atoms with Gasteiger partial charge in [-0.05, 0) is 37.0 Å². The Bertz CT molecular complexity index is 944. The van der Waals surface area contributed by atoms with E-state index in [1.807, 2.05) is 13.8 Å². The Morgan fingerprint density at radius 3 is 2.54 bits per heavy atom. The number of likely N-dealkylation sites (tertiary alicyclic amines) is 1. The summed E-state index contributed by atoms with van der Waals surface area (Å²) in [7, 11) is 1.54. The summed E-state index contributed by atoms with van der Waals surface area (Å²) in [4.78, 5) is 43.1. The first kappa shape index (κ1) is 18.4. The van der Waals surface area contributed by atoms with Crippen molar-refractivity contribution >= 4 is 28.9 Å². The van der Waals surface area contributed by atoms with Crippen LogP contribution in [0.2, 0.25) is 0 Å². The molecule has 9 nitrogen and oxygen atoms in total. The number of piperidine rings is 1. The molecule has 28 heavy (non-hydrogen) atoms. The van der Waals surface area contributed by atoms with Crippen LogP contribution in [0.5, 0.6) is 0 Å². The molecule has 2 aliphatic heterocycles. The molecule has 0 radical (unpaired) electrons. The number of rotatable bonds is 3. The van der Waals surface area contributed by atoms with Crippen molar-refractivity contribution in [3.8, 4) is 0 Å². The molecule has 1 aromatic heterocycles. The van der Waals surface area contributed by atoms with Gasteiger partial charge in [0.05, 0.1) is 0 Å². The Labute approximate surface area is 162 Å². The number of carbonyl (C=O) groups is 3. The number of amides is 4. The Morgan fingerprint density at radius 2 is 1.86 bits per heavy atom. The minimum Gasteiger partial charge on any atom is -0.338 e. The van der Waals surface area contributed by atoms with Gasteiger partial charge in [0.15, 0.2) is 0 Å². The quantitative estimate of drug-likeness (QED) is 0.808. The van der Waals surface area contributed by atoms with Gasteiger partial charge in [0.1, 0.15) is 16.6 Å². The third-order valence-electron chi connectivity index (χ3n) is 5.73. The van der Waals surface area contributed by atoms with E-state index in [1.165, 1.54) is 11.9 Å². The van der Waals surface area contributed by atoms with Crippen molar-refractivity contribution in [3.05, 3.63) is 23.8 Å². The zero-order valence-electron chi connectivity index (χ0n) is 16.3. The first-order valence-electron chi connectivity index (χ1n) is 9.53. The lowest BCUT2D eigenvalue weighted by Crippen LogP contribution is -2.58. The molecule has 3 heterocycles. The van der Waals surface area contributed by atoms with E-state index in [1.54, 1.807) is 28.0 Å². The van der Waals surface area contributed by atoms with E-state index in [4.69, 9.17) is 0 Å². The maximum atomic E-state index is 12.9. The minimum absolute atomic E-state index is 0.0970. The average Bonchev–Trinajstić information content (AvgIpc) is 3.22. The number of aromatic nitrogens is 3. The van der Waals surface area contributed by atoms with Gasteiger partial charge in [-0.3, -0.25) is 14.5 Å². The Morgan fingerprint density at radius 1 is 1.18 bits per heavy atom. The molecule has 0 bridgehead atoms. The van der Waals surface area contributed by atoms with Gasteiger partial charge >= 0.3 is 6.03 Å². The number of nitrogens with zero attached hydrogens (tertiary/aromatic N) is 5. The van der Waals surface area contributed by atoms with Gasteiger partial charge in [-0.1, -0.05) is 13.8 Å². The number of fused-ring (bicyclic) bond motifs is 1. The largest absolute Gasteiger partial charge is 0.338 e. The number of H-pyrrole nitrogens is 1. The molecule has 0 saturated carbocycles. The fourth-order valence-corrected chi connectivity index (χ4v) is 4.22. The number of hydrogen-bond acceptors (Lipinski definition) is 5. The van der Waals surface area contributed by atoms with E-state index in [9.17, 15) is 14.4 Å². The maximum absolute atomic E-state index is 12.9. The molecule has 1 N–H and O–H groups in total. The van der Waals surface area contributed by atoms with E-state index in [0.717, 1.165) is 0 Å². The van der Waals surface area contributed by atoms with Crippen LogP contribution in [0, 0.1) is 5.92 Å². The fraction of sp³-hybridized carbons (Fsp3) is 0.526. The molecule has 2 aliphatic rings. The number of hydrogen-bond donors (Lipinski definition) is 1. The Balaban J connectivity index is 1.53. The number of likely N-dealkylation sites (N-methyl/N-ethyl adjacent to an activating group) is 1. The molecule has 0 atom stereocenters. The molecule has 4 rings (SSSR count). The standard InChI is InChI=1S/C19H24N6O3/c1-12(2)11-25-18(28)23(3)17(27)19(25)6-8-24(9-7-19)16(26)13-4-5-14-15(10-13)21-22-20-14/h4-5,10,12H,6-9,11H2,1-3H3,(H,20,21,22). The lowest BCUT2D eigenvalue weighted by atomic mass is 9.85. The Kier molecular flexibility index (Phi) is 4.32. The third kappa shape index (κ3) is 2.73. The van der Waals surface area contributed by atoms with E-state index < -0.39 is 5.54 Å². The molecular weight excluding hydrogens is 360 g/mol.